The lowest BCUT2D eigenvalue weighted by atomic mass is 10.3. The van der Waals surface area contributed by atoms with Crippen molar-refractivity contribution in [2.24, 2.45) is 0 Å². The lowest BCUT2D eigenvalue weighted by Gasteiger charge is -2.07. The van der Waals surface area contributed by atoms with Crippen LogP contribution in [0, 0.1) is 0 Å². The van der Waals surface area contributed by atoms with Gasteiger partial charge in [-0.05, 0) is 13.8 Å². The highest BCUT2D eigenvalue weighted by atomic mass is 16.5. The smallest absolute Gasteiger partial charge is 0.333 e. The van der Waals surface area contributed by atoms with Crippen molar-refractivity contribution in [1.29, 1.82) is 0 Å². The van der Waals surface area contributed by atoms with Gasteiger partial charge in [-0.1, -0.05) is 0 Å². The van der Waals surface area contributed by atoms with Gasteiger partial charge in [-0.2, -0.15) is 0 Å². The maximum Gasteiger partial charge on any atom is 0.333 e. The topological polar surface area (TPSA) is 202 Å². The first-order valence-electron chi connectivity index (χ1n) is 10.1. The van der Waals surface area contributed by atoms with E-state index in [1.807, 2.05) is 13.8 Å². The Morgan fingerprint density at radius 3 is 1.25 bits per heavy atom. The molecule has 194 valence electrons. The highest BCUT2D eigenvalue weighted by Crippen LogP contribution is 1.89. The highest BCUT2D eigenvalue weighted by Gasteiger charge is 2.16. The van der Waals surface area contributed by atoms with E-state index in [1.54, 1.807) is 0 Å². The summed E-state index contributed by atoms with van der Waals surface area (Å²) < 4.78 is 25.2. The van der Waals surface area contributed by atoms with E-state index in [2.05, 4.69) is 0 Å². The van der Waals surface area contributed by atoms with Crippen molar-refractivity contribution in [3.8, 4) is 0 Å². The lowest BCUT2D eigenvalue weighted by Crippen LogP contribution is -2.22. The number of aliphatic hydroxyl groups excluding tert-OH is 4. The summed E-state index contributed by atoms with van der Waals surface area (Å²) in [4.78, 5) is 19.4. The summed E-state index contributed by atoms with van der Waals surface area (Å²) in [7, 11) is 0. The Morgan fingerprint density at radius 2 is 1.00 bits per heavy atom. The molecular weight excluding hydrogens is 436 g/mol. The van der Waals surface area contributed by atoms with E-state index in [4.69, 9.17) is 54.3 Å². The first-order chi connectivity index (χ1) is 15.2. The van der Waals surface area contributed by atoms with E-state index in [-0.39, 0.29) is 25.9 Å². The van der Waals surface area contributed by atoms with Crippen molar-refractivity contribution in [2.45, 2.75) is 32.5 Å². The first kappa shape index (κ1) is 35.2. The Labute approximate surface area is 188 Å². The summed E-state index contributed by atoms with van der Waals surface area (Å²) in [6, 6.07) is 0. The van der Waals surface area contributed by atoms with Crippen molar-refractivity contribution in [3.63, 3.8) is 0 Å². The molecule has 0 aliphatic rings. The van der Waals surface area contributed by atoms with Crippen LogP contribution in [0.1, 0.15) is 20.3 Å². The van der Waals surface area contributed by atoms with Crippen LogP contribution in [0.4, 0.5) is 0 Å². The van der Waals surface area contributed by atoms with E-state index in [1.165, 1.54) is 0 Å². The Kier molecular flexibility index (Phi) is 32.5. The minimum absolute atomic E-state index is 0.0417. The van der Waals surface area contributed by atoms with E-state index in [0.717, 1.165) is 0 Å². The second-order valence-corrected chi connectivity index (χ2v) is 5.99. The fourth-order valence-corrected chi connectivity index (χ4v) is 1.43. The molecule has 6 N–H and O–H groups in total. The molecule has 0 aromatic rings. The van der Waals surface area contributed by atoms with Crippen molar-refractivity contribution in [3.05, 3.63) is 0 Å². The second-order valence-electron chi connectivity index (χ2n) is 5.99. The van der Waals surface area contributed by atoms with Gasteiger partial charge in [0.1, 0.15) is 0 Å². The van der Waals surface area contributed by atoms with Gasteiger partial charge in [0.15, 0.2) is 6.10 Å². The molecule has 13 heteroatoms. The predicted molar refractivity (Wildman–Crippen MR) is 112 cm³/mol. The molecule has 0 aliphatic heterocycles. The average Bonchev–Trinajstić information content (AvgIpc) is 2.73. The van der Waals surface area contributed by atoms with Gasteiger partial charge in [0.25, 0.3) is 0 Å². The quantitative estimate of drug-likeness (QED) is 0.116. The van der Waals surface area contributed by atoms with Crippen LogP contribution in [0.15, 0.2) is 0 Å². The third kappa shape index (κ3) is 39.1. The Hall–Kier alpha value is -1.42. The van der Waals surface area contributed by atoms with Crippen LogP contribution in [0.25, 0.3) is 0 Å². The SMILES string of the molecule is CC(C)OCCOCCOCCO.O=C(O)CC(O)C(=O)O.OCCOCCOCCO. The maximum absolute atomic E-state index is 9.72. The molecule has 0 spiro atoms. The van der Waals surface area contributed by atoms with Gasteiger partial charge < -0.3 is 54.3 Å². The van der Waals surface area contributed by atoms with E-state index in [9.17, 15) is 9.59 Å². The second kappa shape index (κ2) is 29.6. The molecule has 0 amide bonds. The Bertz CT molecular complexity index is 385. The van der Waals surface area contributed by atoms with Crippen molar-refractivity contribution in [2.75, 3.05) is 79.3 Å². The molecule has 0 heterocycles. The molecule has 0 bridgehead atoms. The van der Waals surface area contributed by atoms with Crippen molar-refractivity contribution < 1.29 is 63.9 Å². The standard InChI is InChI=1S/C9H20O4.C6H14O4.C4H6O5/c1-9(2)13-8-7-12-6-5-11-4-3-10;7-1-3-9-5-6-10-4-2-8;5-2(4(8)9)1-3(6)7/h9-10H,3-8H2,1-2H3;7-8H,1-6H2;2,5H,1H2,(H,6,7)(H,8,9). The summed E-state index contributed by atoms with van der Waals surface area (Å²) in [6.07, 6.45) is -2.29. The zero-order valence-electron chi connectivity index (χ0n) is 18.9. The van der Waals surface area contributed by atoms with E-state index >= 15 is 0 Å². The Balaban J connectivity index is -0.000000403. The van der Waals surface area contributed by atoms with Crippen LogP contribution in [0.3, 0.4) is 0 Å². The molecule has 0 radical (unpaired) electrons. The number of carboxylic acid groups (broad SMARTS) is 2. The molecular formula is C19H40O13. The van der Waals surface area contributed by atoms with Gasteiger partial charge >= 0.3 is 11.9 Å². The van der Waals surface area contributed by atoms with E-state index < -0.39 is 24.5 Å². The van der Waals surface area contributed by atoms with Crippen LogP contribution in [-0.2, 0) is 33.3 Å². The number of carboxylic acids is 2. The summed E-state index contributed by atoms with van der Waals surface area (Å²) in [5, 5.41) is 49.1. The molecule has 1 unspecified atom stereocenters. The zero-order chi connectivity index (χ0) is 25.0. The monoisotopic (exact) mass is 476 g/mol. The van der Waals surface area contributed by atoms with Crippen molar-refractivity contribution in [1.82, 2.24) is 0 Å². The van der Waals surface area contributed by atoms with Gasteiger partial charge in [-0.15, -0.1) is 0 Å². The minimum atomic E-state index is -1.79. The molecule has 0 aromatic heterocycles. The fraction of sp³-hybridized carbons (Fsp3) is 0.895. The number of hydrogen-bond acceptors (Lipinski definition) is 11. The molecule has 0 aromatic carbocycles. The summed E-state index contributed by atoms with van der Waals surface area (Å²) in [6.45, 7) is 8.46. The summed E-state index contributed by atoms with van der Waals surface area (Å²) >= 11 is 0. The highest BCUT2D eigenvalue weighted by molar-refractivity contribution is 5.79. The molecule has 32 heavy (non-hydrogen) atoms. The third-order valence-electron chi connectivity index (χ3n) is 2.78. The van der Waals surface area contributed by atoms with Gasteiger partial charge in [-0.3, -0.25) is 4.79 Å². The Morgan fingerprint density at radius 1 is 0.656 bits per heavy atom. The van der Waals surface area contributed by atoms with Crippen LogP contribution >= 0.6 is 0 Å². The summed E-state index contributed by atoms with van der Waals surface area (Å²) in [5.41, 5.74) is 0. The molecule has 1 atom stereocenters. The molecule has 0 fully saturated rings. The average molecular weight is 477 g/mol. The fourth-order valence-electron chi connectivity index (χ4n) is 1.43. The van der Waals surface area contributed by atoms with Crippen LogP contribution in [0.2, 0.25) is 0 Å². The number of hydrogen-bond donors (Lipinski definition) is 6. The van der Waals surface area contributed by atoms with Gasteiger partial charge in [0.2, 0.25) is 0 Å². The maximum atomic E-state index is 9.72. The molecule has 0 saturated heterocycles. The number of aliphatic carboxylic acids is 2. The van der Waals surface area contributed by atoms with Crippen LogP contribution in [-0.4, -0.2) is 134 Å². The number of aliphatic hydroxyl groups is 4. The zero-order valence-corrected chi connectivity index (χ0v) is 18.9. The largest absolute Gasteiger partial charge is 0.481 e. The number of carbonyl (C=O) groups is 2. The van der Waals surface area contributed by atoms with Crippen LogP contribution in [0.5, 0.6) is 0 Å². The number of ether oxygens (including phenoxy) is 5. The molecule has 0 rings (SSSR count). The van der Waals surface area contributed by atoms with Gasteiger partial charge in [0, 0.05) is 0 Å². The first-order valence-corrected chi connectivity index (χ1v) is 10.1. The summed E-state index contributed by atoms with van der Waals surface area (Å²) in [5.74, 6) is -2.85. The van der Waals surface area contributed by atoms with Crippen LogP contribution < -0.4 is 0 Å². The lowest BCUT2D eigenvalue weighted by molar-refractivity contribution is -0.152. The molecule has 0 saturated carbocycles. The number of rotatable bonds is 19. The van der Waals surface area contributed by atoms with Gasteiger partial charge in [-0.25, -0.2) is 4.79 Å². The predicted octanol–water partition coefficient (Wildman–Crippen LogP) is -1.65. The third-order valence-corrected chi connectivity index (χ3v) is 2.78. The van der Waals surface area contributed by atoms with Crippen molar-refractivity contribution >= 4 is 11.9 Å². The van der Waals surface area contributed by atoms with E-state index in [0.29, 0.717) is 59.5 Å². The molecule has 0 aliphatic carbocycles. The van der Waals surface area contributed by atoms with Gasteiger partial charge in [0.05, 0.1) is 91.8 Å². The minimum Gasteiger partial charge on any atom is -0.481 e. The normalized spacial score (nSPS) is 11.2. The molecule has 13 nitrogen and oxygen atoms in total.